The summed E-state index contributed by atoms with van der Waals surface area (Å²) in [4.78, 5) is 29.9. The Morgan fingerprint density at radius 2 is 1.74 bits per heavy atom. The molecule has 27 heavy (non-hydrogen) atoms. The Balaban J connectivity index is 2.00. The average Bonchev–Trinajstić information content (AvgIpc) is 2.89. The molecule has 1 unspecified atom stereocenters. The molecule has 3 rings (SSSR count). The van der Waals surface area contributed by atoms with Crippen molar-refractivity contribution in [3.8, 4) is 0 Å². The molecule has 2 aromatic carbocycles. The van der Waals surface area contributed by atoms with Gasteiger partial charge in [0.05, 0.1) is 5.41 Å². The highest BCUT2D eigenvalue weighted by Gasteiger charge is 2.51. The second-order valence-corrected chi connectivity index (χ2v) is 7.47. The summed E-state index contributed by atoms with van der Waals surface area (Å²) in [6.45, 7) is 2.84. The number of amides is 2. The van der Waals surface area contributed by atoms with Crippen LogP contribution < -0.4 is 4.90 Å². The van der Waals surface area contributed by atoms with Crippen molar-refractivity contribution in [1.82, 2.24) is 4.90 Å². The number of carbonyl (C=O) groups is 2. The molecule has 0 bridgehead atoms. The van der Waals surface area contributed by atoms with Crippen LogP contribution in [0.15, 0.2) is 54.6 Å². The van der Waals surface area contributed by atoms with Gasteiger partial charge in [0.2, 0.25) is 11.8 Å². The minimum Gasteiger partial charge on any atom is -0.346 e. The predicted octanol–water partition coefficient (Wildman–Crippen LogP) is 3.79. The monoisotopic (exact) mass is 364 g/mol. The van der Waals surface area contributed by atoms with Crippen LogP contribution in [0.4, 0.5) is 5.69 Å². The Morgan fingerprint density at radius 1 is 1.07 bits per heavy atom. The fourth-order valence-electron chi connectivity index (χ4n) is 3.98. The Hall–Kier alpha value is -2.62. The van der Waals surface area contributed by atoms with Crippen LogP contribution in [0, 0.1) is 0 Å². The second kappa shape index (κ2) is 7.95. The summed E-state index contributed by atoms with van der Waals surface area (Å²) in [7, 11) is 3.64. The number of hydrogen-bond acceptors (Lipinski definition) is 2. The summed E-state index contributed by atoms with van der Waals surface area (Å²) in [6, 6.07) is 17.8. The van der Waals surface area contributed by atoms with Gasteiger partial charge in [-0.25, -0.2) is 0 Å². The highest BCUT2D eigenvalue weighted by atomic mass is 16.2. The zero-order chi connectivity index (χ0) is 19.4. The Kier molecular flexibility index (Phi) is 5.64. The van der Waals surface area contributed by atoms with Gasteiger partial charge in [-0.2, -0.15) is 0 Å². The molecule has 1 aliphatic heterocycles. The third kappa shape index (κ3) is 3.61. The van der Waals surface area contributed by atoms with E-state index in [0.717, 1.165) is 36.2 Å². The molecule has 142 valence electrons. The van der Waals surface area contributed by atoms with Gasteiger partial charge in [-0.3, -0.25) is 9.59 Å². The standard InChI is InChI=1S/C23H28N2O2/c1-4-5-15-24(2)21(26)17-23(16-18-11-7-6-8-12-18)19-13-9-10-14-20(19)25(3)22(23)27/h6-14H,4-5,15-17H2,1-3H3. The summed E-state index contributed by atoms with van der Waals surface area (Å²) in [5.41, 5.74) is 2.09. The van der Waals surface area contributed by atoms with Crippen molar-refractivity contribution in [1.29, 1.82) is 0 Å². The highest BCUT2D eigenvalue weighted by Crippen LogP contribution is 2.45. The van der Waals surface area contributed by atoms with E-state index >= 15 is 0 Å². The number of rotatable bonds is 7. The van der Waals surface area contributed by atoms with Crippen LogP contribution in [0.3, 0.4) is 0 Å². The minimum atomic E-state index is -0.843. The van der Waals surface area contributed by atoms with Crippen LogP contribution in [0.2, 0.25) is 0 Å². The van der Waals surface area contributed by atoms with Gasteiger partial charge in [0.1, 0.15) is 0 Å². The van der Waals surface area contributed by atoms with E-state index in [4.69, 9.17) is 0 Å². The first-order valence-electron chi connectivity index (χ1n) is 9.65. The van der Waals surface area contributed by atoms with Crippen LogP contribution in [0.5, 0.6) is 0 Å². The normalized spacial score (nSPS) is 18.5. The molecule has 1 aliphatic rings. The maximum absolute atomic E-state index is 13.4. The molecule has 2 amide bonds. The average molecular weight is 364 g/mol. The lowest BCUT2D eigenvalue weighted by Gasteiger charge is -2.30. The molecular weight excluding hydrogens is 336 g/mol. The van der Waals surface area contributed by atoms with Crippen molar-refractivity contribution in [2.45, 2.75) is 38.0 Å². The third-order valence-corrected chi connectivity index (χ3v) is 5.57. The summed E-state index contributed by atoms with van der Waals surface area (Å²) in [5, 5.41) is 0. The maximum atomic E-state index is 13.4. The molecule has 4 heteroatoms. The Morgan fingerprint density at radius 3 is 2.44 bits per heavy atom. The number of para-hydroxylation sites is 1. The van der Waals surface area contributed by atoms with Gasteiger partial charge in [-0.05, 0) is 30.0 Å². The van der Waals surface area contributed by atoms with Crippen LogP contribution >= 0.6 is 0 Å². The fraction of sp³-hybridized carbons (Fsp3) is 0.391. The van der Waals surface area contributed by atoms with E-state index in [1.807, 2.05) is 61.6 Å². The summed E-state index contributed by atoms with van der Waals surface area (Å²) in [6.07, 6.45) is 2.74. The largest absolute Gasteiger partial charge is 0.346 e. The van der Waals surface area contributed by atoms with Gasteiger partial charge < -0.3 is 9.80 Å². The van der Waals surface area contributed by atoms with E-state index in [0.29, 0.717) is 6.42 Å². The minimum absolute atomic E-state index is 0.00444. The van der Waals surface area contributed by atoms with Crippen molar-refractivity contribution in [3.63, 3.8) is 0 Å². The quantitative estimate of drug-likeness (QED) is 0.750. The lowest BCUT2D eigenvalue weighted by molar-refractivity contribution is -0.135. The van der Waals surface area contributed by atoms with Gasteiger partial charge in [-0.15, -0.1) is 0 Å². The molecule has 0 aromatic heterocycles. The first kappa shape index (κ1) is 19.2. The Labute approximate surface area is 161 Å². The molecule has 1 atom stereocenters. The van der Waals surface area contributed by atoms with E-state index in [1.165, 1.54) is 0 Å². The van der Waals surface area contributed by atoms with Gasteiger partial charge >= 0.3 is 0 Å². The molecule has 1 heterocycles. The number of likely N-dealkylation sites (N-methyl/N-ethyl adjacent to an activating group) is 1. The first-order valence-corrected chi connectivity index (χ1v) is 9.65. The van der Waals surface area contributed by atoms with E-state index in [-0.39, 0.29) is 18.2 Å². The van der Waals surface area contributed by atoms with Crippen molar-refractivity contribution in [3.05, 3.63) is 65.7 Å². The Bertz CT molecular complexity index is 818. The van der Waals surface area contributed by atoms with Gasteiger partial charge in [0.25, 0.3) is 0 Å². The summed E-state index contributed by atoms with van der Waals surface area (Å²) >= 11 is 0. The maximum Gasteiger partial charge on any atom is 0.238 e. The smallest absolute Gasteiger partial charge is 0.238 e. The zero-order valence-corrected chi connectivity index (χ0v) is 16.4. The van der Waals surface area contributed by atoms with E-state index in [1.54, 1.807) is 16.8 Å². The number of nitrogens with zero attached hydrogens (tertiary/aromatic N) is 2. The number of benzene rings is 2. The summed E-state index contributed by atoms with van der Waals surface area (Å²) in [5.74, 6) is 0.0302. The van der Waals surface area contributed by atoms with Gasteiger partial charge in [-0.1, -0.05) is 61.9 Å². The molecule has 0 aliphatic carbocycles. The topological polar surface area (TPSA) is 40.6 Å². The third-order valence-electron chi connectivity index (χ3n) is 5.57. The fourth-order valence-corrected chi connectivity index (χ4v) is 3.98. The number of hydrogen-bond donors (Lipinski definition) is 0. The molecule has 2 aromatic rings. The number of carbonyl (C=O) groups excluding carboxylic acids is 2. The SMILES string of the molecule is CCCCN(C)C(=O)CC1(Cc2ccccc2)C(=O)N(C)c2ccccc21. The lowest BCUT2D eigenvalue weighted by Crippen LogP contribution is -2.45. The predicted molar refractivity (Wildman–Crippen MR) is 109 cm³/mol. The van der Waals surface area contributed by atoms with Crippen molar-refractivity contribution >= 4 is 17.5 Å². The molecule has 0 saturated carbocycles. The second-order valence-electron chi connectivity index (χ2n) is 7.47. The van der Waals surface area contributed by atoms with Crippen LogP contribution in [-0.2, 0) is 21.4 Å². The molecule has 0 saturated heterocycles. The first-order chi connectivity index (χ1) is 13.0. The zero-order valence-electron chi connectivity index (χ0n) is 16.4. The summed E-state index contributed by atoms with van der Waals surface area (Å²) < 4.78 is 0. The van der Waals surface area contributed by atoms with E-state index in [9.17, 15) is 9.59 Å². The molecule has 0 N–H and O–H groups in total. The number of anilines is 1. The lowest BCUT2D eigenvalue weighted by atomic mass is 9.73. The molecule has 0 spiro atoms. The van der Waals surface area contributed by atoms with Crippen LogP contribution in [0.25, 0.3) is 0 Å². The number of unbranched alkanes of at least 4 members (excludes halogenated alkanes) is 1. The van der Waals surface area contributed by atoms with Gasteiger partial charge in [0.15, 0.2) is 0 Å². The van der Waals surface area contributed by atoms with E-state index < -0.39 is 5.41 Å². The van der Waals surface area contributed by atoms with Crippen LogP contribution in [-0.4, -0.2) is 37.4 Å². The molecule has 4 nitrogen and oxygen atoms in total. The molecular formula is C23H28N2O2. The highest BCUT2D eigenvalue weighted by molar-refractivity contribution is 6.09. The number of fused-ring (bicyclic) bond motifs is 1. The van der Waals surface area contributed by atoms with Crippen molar-refractivity contribution in [2.24, 2.45) is 0 Å². The van der Waals surface area contributed by atoms with Gasteiger partial charge in [0, 0.05) is 32.7 Å². The van der Waals surface area contributed by atoms with Crippen molar-refractivity contribution in [2.75, 3.05) is 25.5 Å². The van der Waals surface area contributed by atoms with E-state index in [2.05, 4.69) is 6.92 Å². The molecule has 0 radical (unpaired) electrons. The molecule has 0 fully saturated rings. The van der Waals surface area contributed by atoms with Crippen molar-refractivity contribution < 1.29 is 9.59 Å². The van der Waals surface area contributed by atoms with Crippen LogP contribution in [0.1, 0.15) is 37.3 Å².